The summed E-state index contributed by atoms with van der Waals surface area (Å²) in [5, 5.41) is 18.8. The summed E-state index contributed by atoms with van der Waals surface area (Å²) < 4.78 is 12.9. The van der Waals surface area contributed by atoms with Crippen LogP contribution in [-0.4, -0.2) is 40.4 Å². The second-order valence-electron chi connectivity index (χ2n) is 4.40. The van der Waals surface area contributed by atoms with Crippen LogP contribution in [0.2, 0.25) is 0 Å². The van der Waals surface area contributed by atoms with Gasteiger partial charge in [-0.3, -0.25) is 4.90 Å². The number of halogens is 1. The Bertz CT molecular complexity index is 373. The van der Waals surface area contributed by atoms with Gasteiger partial charge >= 0.3 is 0 Å². The molecule has 1 aliphatic heterocycles. The van der Waals surface area contributed by atoms with Gasteiger partial charge < -0.3 is 10.2 Å². The predicted molar refractivity (Wildman–Crippen MR) is 58.4 cm³/mol. The Morgan fingerprint density at radius 3 is 2.50 bits per heavy atom. The van der Waals surface area contributed by atoms with Crippen molar-refractivity contribution < 1.29 is 14.6 Å². The molecule has 88 valence electrons. The van der Waals surface area contributed by atoms with E-state index in [9.17, 15) is 14.6 Å². The van der Waals surface area contributed by atoms with Gasteiger partial charge in [0.1, 0.15) is 5.82 Å². The topological polar surface area (TPSA) is 43.7 Å². The molecule has 0 spiro atoms. The highest BCUT2D eigenvalue weighted by Crippen LogP contribution is 2.17. The van der Waals surface area contributed by atoms with Gasteiger partial charge in [0.2, 0.25) is 0 Å². The van der Waals surface area contributed by atoms with Crippen molar-refractivity contribution in [3.8, 4) is 0 Å². The number of hydrogen-bond acceptors (Lipinski definition) is 3. The summed E-state index contributed by atoms with van der Waals surface area (Å²) in [6.07, 6.45) is -1.33. The van der Waals surface area contributed by atoms with Crippen molar-refractivity contribution in [3.63, 3.8) is 0 Å². The molecule has 0 unspecified atom stereocenters. The minimum atomic E-state index is -0.666. The first-order valence-electron chi connectivity index (χ1n) is 5.40. The summed E-state index contributed by atoms with van der Waals surface area (Å²) in [6.45, 7) is 3.44. The summed E-state index contributed by atoms with van der Waals surface area (Å²) in [7, 11) is 0. The minimum Gasteiger partial charge on any atom is -0.389 e. The first-order chi connectivity index (χ1) is 7.56. The molecule has 2 N–H and O–H groups in total. The monoisotopic (exact) mass is 225 g/mol. The zero-order valence-corrected chi connectivity index (χ0v) is 9.23. The molecule has 2 rings (SSSR count). The van der Waals surface area contributed by atoms with Crippen LogP contribution in [0.3, 0.4) is 0 Å². The molecule has 1 aromatic rings. The van der Waals surface area contributed by atoms with E-state index in [0.29, 0.717) is 19.6 Å². The van der Waals surface area contributed by atoms with Crippen molar-refractivity contribution in [2.24, 2.45) is 0 Å². The van der Waals surface area contributed by atoms with Crippen LogP contribution in [0, 0.1) is 12.7 Å². The van der Waals surface area contributed by atoms with E-state index in [1.54, 1.807) is 6.07 Å². The number of nitrogens with zero attached hydrogens (tertiary/aromatic N) is 1. The Hall–Kier alpha value is -0.970. The third kappa shape index (κ3) is 2.40. The Kier molecular flexibility index (Phi) is 3.23. The second-order valence-corrected chi connectivity index (χ2v) is 4.40. The van der Waals surface area contributed by atoms with Crippen LogP contribution in [0.25, 0.3) is 0 Å². The van der Waals surface area contributed by atoms with Crippen molar-refractivity contribution in [1.29, 1.82) is 0 Å². The molecule has 1 heterocycles. The number of aryl methyl sites for hydroxylation is 1. The lowest BCUT2D eigenvalue weighted by molar-refractivity contribution is 0.0572. The number of likely N-dealkylation sites (tertiary alicyclic amines) is 1. The van der Waals surface area contributed by atoms with Crippen molar-refractivity contribution >= 4 is 0 Å². The van der Waals surface area contributed by atoms with Gasteiger partial charge in [0, 0.05) is 19.6 Å². The van der Waals surface area contributed by atoms with Gasteiger partial charge in [-0.05, 0) is 30.2 Å². The second kappa shape index (κ2) is 4.49. The Labute approximate surface area is 94.1 Å². The zero-order valence-electron chi connectivity index (χ0n) is 9.23. The van der Waals surface area contributed by atoms with Crippen molar-refractivity contribution in [3.05, 3.63) is 35.1 Å². The van der Waals surface area contributed by atoms with Crippen molar-refractivity contribution in [2.75, 3.05) is 13.1 Å². The first-order valence-corrected chi connectivity index (χ1v) is 5.40. The summed E-state index contributed by atoms with van der Waals surface area (Å²) >= 11 is 0. The molecule has 0 radical (unpaired) electrons. The third-order valence-electron chi connectivity index (χ3n) is 3.03. The van der Waals surface area contributed by atoms with E-state index in [0.717, 1.165) is 11.1 Å². The van der Waals surface area contributed by atoms with E-state index in [-0.39, 0.29) is 5.82 Å². The molecule has 0 amide bonds. The third-order valence-corrected chi connectivity index (χ3v) is 3.03. The summed E-state index contributed by atoms with van der Waals surface area (Å²) in [5.74, 6) is -0.234. The Balaban J connectivity index is 2.05. The highest BCUT2D eigenvalue weighted by molar-refractivity contribution is 5.26. The molecule has 4 heteroatoms. The van der Waals surface area contributed by atoms with Crippen LogP contribution in [0.1, 0.15) is 11.1 Å². The number of benzene rings is 1. The number of hydrogen-bond donors (Lipinski definition) is 2. The van der Waals surface area contributed by atoms with Crippen LogP contribution >= 0.6 is 0 Å². The van der Waals surface area contributed by atoms with Gasteiger partial charge in [0.25, 0.3) is 0 Å². The summed E-state index contributed by atoms with van der Waals surface area (Å²) in [5.41, 5.74) is 1.93. The Morgan fingerprint density at radius 2 is 1.94 bits per heavy atom. The lowest BCUT2D eigenvalue weighted by Gasteiger charge is -2.16. The highest BCUT2D eigenvalue weighted by atomic mass is 19.1. The molecule has 0 aliphatic carbocycles. The largest absolute Gasteiger partial charge is 0.389 e. The van der Waals surface area contributed by atoms with Crippen LogP contribution < -0.4 is 0 Å². The van der Waals surface area contributed by atoms with Crippen LogP contribution in [-0.2, 0) is 6.54 Å². The maximum absolute atomic E-state index is 12.9. The van der Waals surface area contributed by atoms with Crippen molar-refractivity contribution in [1.82, 2.24) is 4.90 Å². The average Bonchev–Trinajstić information content (AvgIpc) is 2.51. The van der Waals surface area contributed by atoms with E-state index in [1.165, 1.54) is 12.1 Å². The number of aliphatic hydroxyl groups is 2. The molecular formula is C12H16FNO2. The quantitative estimate of drug-likeness (QED) is 0.777. The van der Waals surface area contributed by atoms with E-state index < -0.39 is 12.2 Å². The van der Waals surface area contributed by atoms with Gasteiger partial charge in [-0.25, -0.2) is 4.39 Å². The molecule has 1 saturated heterocycles. The molecule has 1 fully saturated rings. The number of aliphatic hydroxyl groups excluding tert-OH is 2. The lowest BCUT2D eigenvalue weighted by atomic mass is 10.1. The lowest BCUT2D eigenvalue weighted by Crippen LogP contribution is -2.22. The van der Waals surface area contributed by atoms with Gasteiger partial charge in [-0.2, -0.15) is 0 Å². The van der Waals surface area contributed by atoms with Crippen LogP contribution in [0.5, 0.6) is 0 Å². The van der Waals surface area contributed by atoms with Gasteiger partial charge in [-0.1, -0.05) is 6.07 Å². The number of rotatable bonds is 2. The first kappa shape index (κ1) is 11.5. The zero-order chi connectivity index (χ0) is 11.7. The maximum Gasteiger partial charge on any atom is 0.123 e. The molecule has 2 atom stereocenters. The molecule has 16 heavy (non-hydrogen) atoms. The fourth-order valence-electron chi connectivity index (χ4n) is 2.05. The normalized spacial score (nSPS) is 26.2. The molecule has 3 nitrogen and oxygen atoms in total. The maximum atomic E-state index is 12.9. The smallest absolute Gasteiger partial charge is 0.123 e. The fourth-order valence-corrected chi connectivity index (χ4v) is 2.05. The van der Waals surface area contributed by atoms with E-state index in [4.69, 9.17) is 0 Å². The molecule has 0 aromatic heterocycles. The Morgan fingerprint density at radius 1 is 1.31 bits per heavy atom. The summed E-state index contributed by atoms with van der Waals surface area (Å²) in [6, 6.07) is 4.69. The number of β-amino-alcohol motifs (C(OH)–C–C–N with tert-alkyl or cyclic N) is 2. The van der Waals surface area contributed by atoms with Gasteiger partial charge in [0.05, 0.1) is 12.2 Å². The minimum absolute atomic E-state index is 0.234. The molecule has 1 aromatic carbocycles. The SMILES string of the molecule is Cc1cc(F)ccc1CN1C[C@@H](O)[C@@H](O)C1. The van der Waals surface area contributed by atoms with Crippen LogP contribution in [0.4, 0.5) is 4.39 Å². The molecule has 1 aliphatic rings. The van der Waals surface area contributed by atoms with Crippen molar-refractivity contribution in [2.45, 2.75) is 25.7 Å². The van der Waals surface area contributed by atoms with Gasteiger partial charge in [-0.15, -0.1) is 0 Å². The van der Waals surface area contributed by atoms with Gasteiger partial charge in [0.15, 0.2) is 0 Å². The van der Waals surface area contributed by atoms with E-state index in [2.05, 4.69) is 0 Å². The standard InChI is InChI=1S/C12H16FNO2/c1-8-4-10(13)3-2-9(8)5-14-6-11(15)12(16)7-14/h2-4,11-12,15-16H,5-7H2,1H3/t11-,12+. The van der Waals surface area contributed by atoms with E-state index in [1.807, 2.05) is 11.8 Å². The fraction of sp³-hybridized carbons (Fsp3) is 0.500. The molecule has 0 saturated carbocycles. The van der Waals surface area contributed by atoms with E-state index >= 15 is 0 Å². The molecule has 0 bridgehead atoms. The molecular weight excluding hydrogens is 209 g/mol. The average molecular weight is 225 g/mol. The van der Waals surface area contributed by atoms with Crippen LogP contribution in [0.15, 0.2) is 18.2 Å². The predicted octanol–water partition coefficient (Wildman–Crippen LogP) is 0.672. The summed E-state index contributed by atoms with van der Waals surface area (Å²) in [4.78, 5) is 1.97. The highest BCUT2D eigenvalue weighted by Gasteiger charge is 2.29.